The molecule has 0 bridgehead atoms. The van der Waals surface area contributed by atoms with Crippen LogP contribution in [0.3, 0.4) is 0 Å². The zero-order chi connectivity index (χ0) is 7.82. The van der Waals surface area contributed by atoms with Crippen molar-refractivity contribution in [2.24, 2.45) is 0 Å². The van der Waals surface area contributed by atoms with Crippen molar-refractivity contribution < 1.29 is 26.0 Å². The first kappa shape index (κ1) is 10.9. The molecule has 0 aromatic rings. The maximum atomic E-state index is 8.46. The van der Waals surface area contributed by atoms with E-state index in [1.54, 1.807) is 0 Å². The van der Waals surface area contributed by atoms with E-state index in [9.17, 15) is 0 Å². The van der Waals surface area contributed by atoms with Crippen molar-refractivity contribution in [3.8, 4) is 0 Å². The number of hydrogen-bond acceptors (Lipinski definition) is 1. The third kappa shape index (κ3) is 5.67. The maximum absolute atomic E-state index is 8.46. The topological polar surface area (TPSA) is 20.2 Å². The molecule has 0 unspecified atom stereocenters. The summed E-state index contributed by atoms with van der Waals surface area (Å²) in [5, 5.41) is 8.46. The Morgan fingerprint density at radius 2 is 2.20 bits per heavy atom. The average Bonchev–Trinajstić information content (AvgIpc) is 2.39. The van der Waals surface area contributed by atoms with Gasteiger partial charge in [-0.2, -0.15) is 0 Å². The van der Waals surface area contributed by atoms with Crippen LogP contribution in [-0.2, 0) is 20.8 Å². The Balaban J connectivity index is 0.000000236. The summed E-state index contributed by atoms with van der Waals surface area (Å²) >= 11 is -0.826. The van der Waals surface area contributed by atoms with E-state index in [1.165, 1.54) is 0 Å². The van der Waals surface area contributed by atoms with E-state index in [0.29, 0.717) is 0 Å². The molecule has 1 aliphatic carbocycles. The molecule has 0 saturated carbocycles. The Hall–Kier alpha value is 0.903. The minimum atomic E-state index is -0.826. The van der Waals surface area contributed by atoms with Gasteiger partial charge >= 0.3 is 37.9 Å². The molecule has 0 atom stereocenters. The monoisotopic (exact) mass is 256 g/mol. The molecule has 56 valence electrons. The number of aliphatic hydroxyl groups excluding tert-OH is 1. The van der Waals surface area contributed by atoms with E-state index in [4.69, 9.17) is 22.1 Å². The number of hydrogen-bond donors (Lipinski definition) is 1. The predicted molar refractivity (Wildman–Crippen MR) is 40.6 cm³/mol. The molecule has 0 spiro atoms. The summed E-state index contributed by atoms with van der Waals surface area (Å²) in [4.78, 5) is 0. The summed E-state index contributed by atoms with van der Waals surface area (Å²) in [6.45, 7) is 0.215. The molecular weight excluding hydrogens is 250 g/mol. The van der Waals surface area contributed by atoms with E-state index in [2.05, 4.69) is 0 Å². The Morgan fingerprint density at radius 3 is 2.40 bits per heavy atom. The fourth-order valence-corrected chi connectivity index (χ4v) is 0.609. The van der Waals surface area contributed by atoms with Gasteiger partial charge in [-0.25, -0.2) is 0 Å². The minimum absolute atomic E-state index is 0.215. The predicted octanol–water partition coefficient (Wildman–Crippen LogP) is 2.24. The van der Waals surface area contributed by atoms with Crippen LogP contribution in [0.4, 0.5) is 0 Å². The van der Waals surface area contributed by atoms with Gasteiger partial charge in [-0.3, -0.25) is 0 Å². The molecule has 4 heteroatoms. The van der Waals surface area contributed by atoms with Crippen LogP contribution in [0.25, 0.3) is 0 Å². The second kappa shape index (κ2) is 8.00. The molecule has 0 radical (unpaired) electrons. The van der Waals surface area contributed by atoms with Crippen molar-refractivity contribution >= 4 is 17.0 Å². The van der Waals surface area contributed by atoms with E-state index in [-0.39, 0.29) is 6.61 Å². The van der Waals surface area contributed by atoms with Gasteiger partial charge in [0, 0.05) is 0 Å². The molecule has 0 aromatic heterocycles. The molecule has 1 aliphatic rings. The third-order valence-corrected chi connectivity index (χ3v) is 1.05. The summed E-state index contributed by atoms with van der Waals surface area (Å²) in [5.74, 6) is 0. The first-order valence-corrected chi connectivity index (χ1v) is 9.10. The van der Waals surface area contributed by atoms with Gasteiger partial charge in [-0.05, 0) is 12.0 Å². The van der Waals surface area contributed by atoms with Crippen LogP contribution in [0, 0.1) is 0 Å². The van der Waals surface area contributed by atoms with E-state index >= 15 is 0 Å². The van der Waals surface area contributed by atoms with Gasteiger partial charge in [0.1, 0.15) is 0 Å². The van der Waals surface area contributed by atoms with Gasteiger partial charge in [-0.1, -0.05) is 18.2 Å². The fraction of sp³-hybridized carbons (Fsp3) is 0.333. The van der Waals surface area contributed by atoms with Crippen molar-refractivity contribution in [3.63, 3.8) is 0 Å². The van der Waals surface area contributed by atoms with Crippen LogP contribution >= 0.6 is 17.0 Å². The molecule has 0 fully saturated rings. The number of halogens is 2. The molecule has 1 nitrogen and oxygen atoms in total. The Morgan fingerprint density at radius 1 is 1.60 bits per heavy atom. The van der Waals surface area contributed by atoms with Crippen LogP contribution in [0.2, 0.25) is 0 Å². The summed E-state index contributed by atoms with van der Waals surface area (Å²) < 4.78 is 0. The molecule has 1 N–H and O–H groups in total. The normalized spacial score (nSPS) is 13.7. The molecule has 0 heterocycles. The second-order valence-electron chi connectivity index (χ2n) is 1.69. The molecule has 0 amide bonds. The van der Waals surface area contributed by atoms with Crippen LogP contribution in [0.1, 0.15) is 6.42 Å². The molecule has 10 heavy (non-hydrogen) atoms. The van der Waals surface area contributed by atoms with Gasteiger partial charge in [0.25, 0.3) is 0 Å². The van der Waals surface area contributed by atoms with Crippen molar-refractivity contribution in [1.82, 2.24) is 0 Å². The van der Waals surface area contributed by atoms with Crippen LogP contribution in [0.15, 0.2) is 23.8 Å². The van der Waals surface area contributed by atoms with Crippen molar-refractivity contribution in [2.45, 2.75) is 6.42 Å². The van der Waals surface area contributed by atoms with E-state index in [0.717, 1.165) is 12.0 Å². The zero-order valence-corrected chi connectivity index (χ0v) is 9.32. The van der Waals surface area contributed by atoms with E-state index < -0.39 is 20.8 Å². The standard InChI is InChI=1S/C6H8O.2ClH.Zr/c7-5-6-3-1-2-4-6;;;/h1-3,7H,4-5H2;2*1H;/q;;;+2/p-2. The van der Waals surface area contributed by atoms with Gasteiger partial charge in [-0.15, -0.1) is 0 Å². The first-order valence-electron chi connectivity index (χ1n) is 2.76. The fourth-order valence-electron chi connectivity index (χ4n) is 0.609. The van der Waals surface area contributed by atoms with Gasteiger partial charge in [0.2, 0.25) is 0 Å². The SMILES string of the molecule is OCC1=CC=CC1.[Cl][Zr][Cl]. The molecular formula is C6H8Cl2OZr. The summed E-state index contributed by atoms with van der Waals surface area (Å²) in [6.07, 6.45) is 6.88. The van der Waals surface area contributed by atoms with Crippen LogP contribution in [-0.4, -0.2) is 11.7 Å². The zero-order valence-electron chi connectivity index (χ0n) is 5.35. The Bertz CT molecular complexity index is 134. The number of aliphatic hydroxyl groups is 1. The molecule has 0 aliphatic heterocycles. The van der Waals surface area contributed by atoms with Crippen molar-refractivity contribution in [2.75, 3.05) is 6.61 Å². The average molecular weight is 258 g/mol. The Labute approximate surface area is 79.4 Å². The number of allylic oxidation sites excluding steroid dienone is 3. The van der Waals surface area contributed by atoms with Crippen LogP contribution in [0.5, 0.6) is 0 Å². The third-order valence-electron chi connectivity index (χ3n) is 1.05. The quantitative estimate of drug-likeness (QED) is 0.764. The number of rotatable bonds is 1. The summed E-state index contributed by atoms with van der Waals surface area (Å²) in [6, 6.07) is 0. The van der Waals surface area contributed by atoms with Gasteiger partial charge < -0.3 is 5.11 Å². The van der Waals surface area contributed by atoms with Crippen LogP contribution < -0.4 is 0 Å². The Kier molecular flexibility index (Phi) is 8.73. The summed E-state index contributed by atoms with van der Waals surface area (Å²) in [7, 11) is 9.87. The van der Waals surface area contributed by atoms with Gasteiger partial charge in [0.15, 0.2) is 0 Å². The van der Waals surface area contributed by atoms with Crippen molar-refractivity contribution in [3.05, 3.63) is 23.8 Å². The summed E-state index contributed by atoms with van der Waals surface area (Å²) in [5.41, 5.74) is 1.11. The molecule has 0 saturated heterocycles. The molecule has 0 aromatic carbocycles. The molecule has 1 rings (SSSR count). The van der Waals surface area contributed by atoms with E-state index in [1.807, 2.05) is 18.2 Å². The van der Waals surface area contributed by atoms with Crippen molar-refractivity contribution in [1.29, 1.82) is 0 Å². The second-order valence-corrected chi connectivity index (χ2v) is 5.42. The van der Waals surface area contributed by atoms with Gasteiger partial charge in [0.05, 0.1) is 6.61 Å². The first-order chi connectivity index (χ1) is 4.85.